The second-order valence-corrected chi connectivity index (χ2v) is 6.52. The molecule has 0 saturated carbocycles. The molecule has 2 heterocycles. The van der Waals surface area contributed by atoms with Crippen molar-refractivity contribution >= 4 is 27.3 Å². The van der Waals surface area contributed by atoms with Gasteiger partial charge in [0.05, 0.1) is 18.9 Å². The van der Waals surface area contributed by atoms with Gasteiger partial charge in [0.2, 0.25) is 0 Å². The number of nitrogens with zero attached hydrogens (tertiary/aromatic N) is 2. The van der Waals surface area contributed by atoms with Crippen molar-refractivity contribution in [1.82, 2.24) is 19.7 Å². The van der Waals surface area contributed by atoms with Gasteiger partial charge in [-0.3, -0.25) is 0 Å². The van der Waals surface area contributed by atoms with E-state index in [0.717, 1.165) is 17.0 Å². The van der Waals surface area contributed by atoms with E-state index in [4.69, 9.17) is 0 Å². The van der Waals surface area contributed by atoms with E-state index in [9.17, 15) is 13.2 Å². The van der Waals surface area contributed by atoms with Gasteiger partial charge >= 0.3 is 5.97 Å². The van der Waals surface area contributed by atoms with E-state index < -0.39 is 16.0 Å². The Bertz CT molecular complexity index is 678. The lowest BCUT2D eigenvalue weighted by molar-refractivity contribution is 0.0590. The predicted molar refractivity (Wildman–Crippen MR) is 70.9 cm³/mol. The molecule has 0 radical (unpaired) electrons. The minimum Gasteiger partial charge on any atom is -0.464 e. The quantitative estimate of drug-likeness (QED) is 0.735. The van der Waals surface area contributed by atoms with Gasteiger partial charge in [0.15, 0.2) is 9.90 Å². The molecule has 10 heteroatoms. The third kappa shape index (κ3) is 3.21. The van der Waals surface area contributed by atoms with E-state index in [-0.39, 0.29) is 16.4 Å². The summed E-state index contributed by atoms with van der Waals surface area (Å²) in [6.07, 6.45) is 3.59. The number of imidazole rings is 1. The largest absolute Gasteiger partial charge is 0.464 e. The van der Waals surface area contributed by atoms with Crippen LogP contribution in [-0.4, -0.2) is 43.0 Å². The van der Waals surface area contributed by atoms with E-state index in [1.807, 2.05) is 0 Å². The first-order valence-corrected chi connectivity index (χ1v) is 7.89. The maximum absolute atomic E-state index is 12.1. The molecule has 108 valence electrons. The van der Waals surface area contributed by atoms with Crippen molar-refractivity contribution in [3.05, 3.63) is 29.4 Å². The highest BCUT2D eigenvalue weighted by atomic mass is 32.2. The normalized spacial score (nSPS) is 11.4. The first-order chi connectivity index (χ1) is 9.54. The van der Waals surface area contributed by atoms with Crippen LogP contribution in [0.15, 0.2) is 22.2 Å². The third-order valence-corrected chi connectivity index (χ3v) is 5.23. The van der Waals surface area contributed by atoms with Crippen LogP contribution in [0.1, 0.15) is 16.2 Å². The summed E-state index contributed by atoms with van der Waals surface area (Å²) in [6.45, 7) is 0.184. The fourth-order valence-electron chi connectivity index (χ4n) is 1.47. The number of rotatable bonds is 6. The summed E-state index contributed by atoms with van der Waals surface area (Å²) in [5.74, 6) is -0.778. The number of esters is 1. The van der Waals surface area contributed by atoms with Crippen molar-refractivity contribution < 1.29 is 17.9 Å². The molecular formula is C10H12N4O4S2. The van der Waals surface area contributed by atoms with E-state index in [1.54, 1.807) is 6.20 Å². The standard InChI is InChI=1S/C10H12N4O4S2/c1-18-9(15)8-10(19-6-13-8)20(16,17)14-3-2-7-4-11-5-12-7/h4-6,14H,2-3H2,1H3,(H,11,12). The molecule has 0 atom stereocenters. The summed E-state index contributed by atoms with van der Waals surface area (Å²) in [6, 6.07) is 0. The number of hydrogen-bond donors (Lipinski definition) is 2. The third-order valence-electron chi connectivity index (χ3n) is 2.40. The molecule has 2 aromatic heterocycles. The zero-order valence-electron chi connectivity index (χ0n) is 10.5. The molecule has 0 fully saturated rings. The Morgan fingerprint density at radius 1 is 1.55 bits per heavy atom. The number of hydrogen-bond acceptors (Lipinski definition) is 7. The molecule has 0 aliphatic rings. The number of thiazole rings is 1. The molecule has 0 bridgehead atoms. The van der Waals surface area contributed by atoms with Gasteiger partial charge in [0, 0.05) is 24.9 Å². The summed E-state index contributed by atoms with van der Waals surface area (Å²) < 4.78 is 30.9. The molecule has 2 N–H and O–H groups in total. The molecule has 2 rings (SSSR count). The zero-order chi connectivity index (χ0) is 14.6. The van der Waals surface area contributed by atoms with E-state index in [2.05, 4.69) is 24.4 Å². The van der Waals surface area contributed by atoms with Gasteiger partial charge in [-0.15, -0.1) is 11.3 Å². The van der Waals surface area contributed by atoms with Gasteiger partial charge in [-0.2, -0.15) is 0 Å². The first-order valence-electron chi connectivity index (χ1n) is 5.53. The van der Waals surface area contributed by atoms with Crippen LogP contribution in [0.4, 0.5) is 0 Å². The van der Waals surface area contributed by atoms with Crippen LogP contribution < -0.4 is 4.72 Å². The van der Waals surface area contributed by atoms with Gasteiger partial charge < -0.3 is 9.72 Å². The zero-order valence-corrected chi connectivity index (χ0v) is 12.1. The maximum Gasteiger partial charge on any atom is 0.358 e. The van der Waals surface area contributed by atoms with Gasteiger partial charge in [-0.1, -0.05) is 0 Å². The lowest BCUT2D eigenvalue weighted by atomic mass is 10.3. The van der Waals surface area contributed by atoms with Gasteiger partial charge in [-0.25, -0.2) is 27.9 Å². The fraction of sp³-hybridized carbons (Fsp3) is 0.300. The molecule has 0 amide bonds. The van der Waals surface area contributed by atoms with Crippen LogP contribution >= 0.6 is 11.3 Å². The molecular weight excluding hydrogens is 304 g/mol. The lowest BCUT2D eigenvalue weighted by Gasteiger charge is -2.05. The number of methoxy groups -OCH3 is 1. The van der Waals surface area contributed by atoms with Crippen LogP contribution in [-0.2, 0) is 21.2 Å². The van der Waals surface area contributed by atoms with Crippen molar-refractivity contribution in [3.63, 3.8) is 0 Å². The van der Waals surface area contributed by atoms with Crippen LogP contribution in [0.2, 0.25) is 0 Å². The minimum atomic E-state index is -3.79. The number of sulfonamides is 1. The number of H-pyrrole nitrogens is 1. The highest BCUT2D eigenvalue weighted by Crippen LogP contribution is 2.20. The molecule has 2 aromatic rings. The number of carbonyl (C=O) groups excluding carboxylic acids is 1. The minimum absolute atomic E-state index is 0.144. The number of ether oxygens (including phenoxy) is 1. The van der Waals surface area contributed by atoms with Gasteiger partial charge in [0.1, 0.15) is 0 Å². The number of nitrogens with one attached hydrogen (secondary N) is 2. The van der Waals surface area contributed by atoms with Crippen molar-refractivity contribution in [2.24, 2.45) is 0 Å². The molecule has 0 spiro atoms. The Hall–Kier alpha value is -1.78. The second-order valence-electron chi connectivity index (χ2n) is 3.70. The summed E-state index contributed by atoms with van der Waals surface area (Å²) in [7, 11) is -2.61. The average Bonchev–Trinajstić information content (AvgIpc) is 3.08. The summed E-state index contributed by atoms with van der Waals surface area (Å²) in [4.78, 5) is 21.8. The molecule has 0 saturated heterocycles. The summed E-state index contributed by atoms with van der Waals surface area (Å²) >= 11 is 0.866. The van der Waals surface area contributed by atoms with Crippen molar-refractivity contribution in [1.29, 1.82) is 0 Å². The Kier molecular flexibility index (Phi) is 4.47. The van der Waals surface area contributed by atoms with Crippen LogP contribution in [0, 0.1) is 0 Å². The van der Waals surface area contributed by atoms with Crippen molar-refractivity contribution in [2.75, 3.05) is 13.7 Å². The van der Waals surface area contributed by atoms with Crippen LogP contribution in [0.25, 0.3) is 0 Å². The number of carbonyl (C=O) groups is 1. The van der Waals surface area contributed by atoms with Crippen LogP contribution in [0.5, 0.6) is 0 Å². The van der Waals surface area contributed by atoms with Crippen molar-refractivity contribution in [3.8, 4) is 0 Å². The van der Waals surface area contributed by atoms with E-state index in [0.29, 0.717) is 6.42 Å². The molecule has 20 heavy (non-hydrogen) atoms. The Balaban J connectivity index is 2.07. The first kappa shape index (κ1) is 14.6. The second kappa shape index (κ2) is 6.11. The predicted octanol–water partition coefficient (Wildman–Crippen LogP) is 0.174. The van der Waals surface area contributed by atoms with Crippen LogP contribution in [0.3, 0.4) is 0 Å². The highest BCUT2D eigenvalue weighted by Gasteiger charge is 2.26. The van der Waals surface area contributed by atoms with Crippen molar-refractivity contribution in [2.45, 2.75) is 10.6 Å². The average molecular weight is 316 g/mol. The fourth-order valence-corrected chi connectivity index (χ4v) is 3.67. The Labute approximate surface area is 119 Å². The monoisotopic (exact) mass is 316 g/mol. The van der Waals surface area contributed by atoms with Gasteiger partial charge in [0.25, 0.3) is 10.0 Å². The highest BCUT2D eigenvalue weighted by molar-refractivity contribution is 7.91. The maximum atomic E-state index is 12.1. The number of aromatic amines is 1. The molecule has 0 unspecified atom stereocenters. The van der Waals surface area contributed by atoms with Gasteiger partial charge in [-0.05, 0) is 0 Å². The van der Waals surface area contributed by atoms with E-state index in [1.165, 1.54) is 18.9 Å². The topological polar surface area (TPSA) is 114 Å². The number of aromatic nitrogens is 3. The smallest absolute Gasteiger partial charge is 0.358 e. The Morgan fingerprint density at radius 2 is 2.35 bits per heavy atom. The molecule has 0 aliphatic heterocycles. The summed E-state index contributed by atoms with van der Waals surface area (Å²) in [5.41, 5.74) is 1.90. The molecule has 8 nitrogen and oxygen atoms in total. The lowest BCUT2D eigenvalue weighted by Crippen LogP contribution is -2.27. The summed E-state index contributed by atoms with van der Waals surface area (Å²) in [5, 5.41) is 0. The van der Waals surface area contributed by atoms with E-state index >= 15 is 0 Å². The molecule has 0 aliphatic carbocycles. The Morgan fingerprint density at radius 3 is 3.00 bits per heavy atom. The molecule has 0 aromatic carbocycles. The SMILES string of the molecule is COC(=O)c1ncsc1S(=O)(=O)NCCc1cnc[nH]1.